The Morgan fingerprint density at radius 2 is 1.54 bits per heavy atom. The van der Waals surface area contributed by atoms with Crippen LogP contribution in [-0.4, -0.2) is 27.0 Å². The zero-order chi connectivity index (χ0) is 27.3. The number of hydrogen-bond donors (Lipinski definition) is 1. The molecule has 0 fully saturated rings. The lowest BCUT2D eigenvalue weighted by Gasteiger charge is -2.40. The van der Waals surface area contributed by atoms with Gasteiger partial charge in [-0.1, -0.05) is 60.7 Å². The monoisotopic (exact) mass is 538 g/mol. The number of likely N-dealkylation sites (N-methyl/N-ethyl adjacent to an activating group) is 1. The molecule has 1 aliphatic rings. The van der Waals surface area contributed by atoms with E-state index in [9.17, 15) is 9.18 Å². The van der Waals surface area contributed by atoms with E-state index < -0.39 is 0 Å². The molecule has 0 radical (unpaired) electrons. The SMILES string of the molecule is CN1C(c2ccccc2)Cc2c(sc3nc(NC(C)(C)C)n(-c4ccc(F)cc4)c(=O)c23)C1c1ccccc1. The number of halogens is 1. The molecular formula is C32H31FN4OS. The first kappa shape index (κ1) is 25.5. The van der Waals surface area contributed by atoms with Crippen LogP contribution in [0.1, 0.15) is 54.4 Å². The van der Waals surface area contributed by atoms with E-state index in [-0.39, 0.29) is 29.0 Å². The number of fused-ring (bicyclic) bond motifs is 3. The molecular weight excluding hydrogens is 507 g/mol. The third kappa shape index (κ3) is 4.66. The molecule has 1 N–H and O–H groups in total. The first-order valence-corrected chi connectivity index (χ1v) is 14.0. The summed E-state index contributed by atoms with van der Waals surface area (Å²) in [6.45, 7) is 6.09. The van der Waals surface area contributed by atoms with E-state index >= 15 is 0 Å². The molecule has 39 heavy (non-hydrogen) atoms. The Morgan fingerprint density at radius 1 is 0.923 bits per heavy atom. The molecule has 2 atom stereocenters. The summed E-state index contributed by atoms with van der Waals surface area (Å²) in [6.07, 6.45) is 0.700. The summed E-state index contributed by atoms with van der Waals surface area (Å²) in [6, 6.07) is 27.0. The average Bonchev–Trinajstić information content (AvgIpc) is 3.27. The van der Waals surface area contributed by atoms with E-state index in [1.807, 2.05) is 32.9 Å². The zero-order valence-electron chi connectivity index (χ0n) is 22.5. The highest BCUT2D eigenvalue weighted by Gasteiger charge is 2.38. The van der Waals surface area contributed by atoms with Crippen LogP contribution < -0.4 is 10.9 Å². The Balaban J connectivity index is 1.63. The van der Waals surface area contributed by atoms with Gasteiger partial charge in [0.15, 0.2) is 0 Å². The number of hydrogen-bond acceptors (Lipinski definition) is 5. The topological polar surface area (TPSA) is 50.2 Å². The Morgan fingerprint density at radius 3 is 2.15 bits per heavy atom. The minimum Gasteiger partial charge on any atom is -0.351 e. The molecule has 1 aliphatic heterocycles. The van der Waals surface area contributed by atoms with E-state index in [4.69, 9.17) is 4.98 Å². The Bertz CT molecular complexity index is 1690. The predicted molar refractivity (Wildman–Crippen MR) is 157 cm³/mol. The van der Waals surface area contributed by atoms with Crippen molar-refractivity contribution in [2.45, 2.75) is 44.8 Å². The van der Waals surface area contributed by atoms with Crippen molar-refractivity contribution < 1.29 is 4.39 Å². The molecule has 2 unspecified atom stereocenters. The first-order valence-electron chi connectivity index (χ1n) is 13.2. The van der Waals surface area contributed by atoms with Gasteiger partial charge in [0.25, 0.3) is 5.56 Å². The van der Waals surface area contributed by atoms with Crippen molar-refractivity contribution >= 4 is 27.5 Å². The second-order valence-electron chi connectivity index (χ2n) is 11.2. The zero-order valence-corrected chi connectivity index (χ0v) is 23.3. The van der Waals surface area contributed by atoms with Gasteiger partial charge in [-0.2, -0.15) is 0 Å². The molecule has 5 nitrogen and oxygen atoms in total. The van der Waals surface area contributed by atoms with E-state index in [1.165, 1.54) is 23.3 Å². The fourth-order valence-corrected chi connectivity index (χ4v) is 6.92. The Hall–Kier alpha value is -3.81. The molecule has 0 aliphatic carbocycles. The predicted octanol–water partition coefficient (Wildman–Crippen LogP) is 7.12. The van der Waals surface area contributed by atoms with Crippen LogP contribution in [0.2, 0.25) is 0 Å². The quantitative estimate of drug-likeness (QED) is 0.265. The van der Waals surface area contributed by atoms with E-state index in [1.54, 1.807) is 28.0 Å². The highest BCUT2D eigenvalue weighted by molar-refractivity contribution is 7.19. The van der Waals surface area contributed by atoms with Gasteiger partial charge in [-0.25, -0.2) is 13.9 Å². The van der Waals surface area contributed by atoms with Crippen LogP contribution in [0.5, 0.6) is 0 Å². The second kappa shape index (κ2) is 9.74. The number of rotatable bonds is 4. The lowest BCUT2D eigenvalue weighted by atomic mass is 9.87. The van der Waals surface area contributed by atoms with Crippen molar-refractivity contribution in [2.75, 3.05) is 12.4 Å². The van der Waals surface area contributed by atoms with E-state index in [0.717, 1.165) is 15.3 Å². The van der Waals surface area contributed by atoms with Gasteiger partial charge in [-0.3, -0.25) is 9.69 Å². The molecule has 0 saturated carbocycles. The number of anilines is 1. The maximum Gasteiger partial charge on any atom is 0.268 e. The highest BCUT2D eigenvalue weighted by atomic mass is 32.1. The van der Waals surface area contributed by atoms with Gasteiger partial charge in [-0.15, -0.1) is 11.3 Å². The molecule has 7 heteroatoms. The Kier molecular flexibility index (Phi) is 6.36. The van der Waals surface area contributed by atoms with Gasteiger partial charge in [-0.05, 0) is 75.2 Å². The number of thiophene rings is 1. The maximum absolute atomic E-state index is 14.4. The summed E-state index contributed by atoms with van der Waals surface area (Å²) in [4.78, 5) is 23.7. The van der Waals surface area contributed by atoms with Gasteiger partial charge >= 0.3 is 0 Å². The third-order valence-corrected chi connectivity index (χ3v) is 8.45. The van der Waals surface area contributed by atoms with Crippen molar-refractivity contribution in [1.29, 1.82) is 0 Å². The number of benzene rings is 3. The van der Waals surface area contributed by atoms with Crippen LogP contribution in [0.25, 0.3) is 15.9 Å². The van der Waals surface area contributed by atoms with Crippen LogP contribution in [-0.2, 0) is 6.42 Å². The molecule has 5 aromatic rings. The largest absolute Gasteiger partial charge is 0.351 e. The van der Waals surface area contributed by atoms with Gasteiger partial charge < -0.3 is 5.32 Å². The second-order valence-corrected chi connectivity index (χ2v) is 12.2. The van der Waals surface area contributed by atoms with Gasteiger partial charge in [0.1, 0.15) is 10.6 Å². The van der Waals surface area contributed by atoms with Gasteiger partial charge in [0, 0.05) is 16.5 Å². The average molecular weight is 539 g/mol. The minimum atomic E-state index is -0.349. The van der Waals surface area contributed by atoms with Crippen LogP contribution in [0.3, 0.4) is 0 Å². The molecule has 6 rings (SSSR count). The lowest BCUT2D eigenvalue weighted by molar-refractivity contribution is 0.185. The number of aromatic nitrogens is 2. The van der Waals surface area contributed by atoms with Crippen LogP contribution >= 0.6 is 11.3 Å². The molecule has 0 bridgehead atoms. The normalized spacial score (nSPS) is 17.8. The fraction of sp³-hybridized carbons (Fsp3) is 0.250. The fourth-order valence-electron chi connectivity index (χ4n) is 5.55. The number of nitrogens with one attached hydrogen (secondary N) is 1. The van der Waals surface area contributed by atoms with Crippen molar-refractivity contribution in [1.82, 2.24) is 14.5 Å². The molecule has 0 amide bonds. The summed E-state index contributed by atoms with van der Waals surface area (Å²) in [7, 11) is 2.17. The summed E-state index contributed by atoms with van der Waals surface area (Å²) < 4.78 is 15.4. The molecule has 2 aromatic heterocycles. The van der Waals surface area contributed by atoms with Crippen LogP contribution in [0, 0.1) is 5.82 Å². The summed E-state index contributed by atoms with van der Waals surface area (Å²) >= 11 is 1.60. The van der Waals surface area contributed by atoms with Crippen molar-refractivity contribution in [3.05, 3.63) is 123 Å². The van der Waals surface area contributed by atoms with Gasteiger partial charge in [0.2, 0.25) is 5.95 Å². The minimum absolute atomic E-state index is 0.0166. The van der Waals surface area contributed by atoms with Gasteiger partial charge in [0.05, 0.1) is 17.1 Å². The van der Waals surface area contributed by atoms with Crippen molar-refractivity contribution in [2.24, 2.45) is 0 Å². The lowest BCUT2D eigenvalue weighted by Crippen LogP contribution is -2.36. The van der Waals surface area contributed by atoms with E-state index in [0.29, 0.717) is 23.4 Å². The Labute approximate surface area is 231 Å². The van der Waals surface area contributed by atoms with E-state index in [2.05, 4.69) is 65.8 Å². The van der Waals surface area contributed by atoms with Crippen molar-refractivity contribution in [3.8, 4) is 5.69 Å². The van der Waals surface area contributed by atoms with Crippen LogP contribution in [0.4, 0.5) is 10.3 Å². The molecule has 0 spiro atoms. The smallest absolute Gasteiger partial charge is 0.268 e. The summed E-state index contributed by atoms with van der Waals surface area (Å²) in [5, 5.41) is 4.06. The standard InChI is InChI=1S/C32H31FN4OS/c1-32(2,3)35-31-34-29-26(30(38)37(31)23-17-15-22(33)16-18-23)24-19-25(20-11-7-5-8-12-20)36(4)27(28(24)39-29)21-13-9-6-10-14-21/h5-18,25,27H,19H2,1-4H3,(H,34,35). The molecule has 3 heterocycles. The first-order chi connectivity index (χ1) is 18.7. The summed E-state index contributed by atoms with van der Waals surface area (Å²) in [5.41, 5.74) is 3.54. The third-order valence-electron chi connectivity index (χ3n) is 7.27. The molecule has 0 saturated heterocycles. The van der Waals surface area contributed by atoms with Crippen molar-refractivity contribution in [3.63, 3.8) is 0 Å². The maximum atomic E-state index is 14.4. The summed E-state index contributed by atoms with van der Waals surface area (Å²) in [5.74, 6) is 0.105. The van der Waals surface area contributed by atoms with Crippen LogP contribution in [0.15, 0.2) is 89.7 Å². The number of nitrogens with zero attached hydrogens (tertiary/aromatic N) is 3. The molecule has 198 valence electrons. The highest BCUT2D eigenvalue weighted by Crippen LogP contribution is 2.48. The molecule has 3 aromatic carbocycles.